The van der Waals surface area contributed by atoms with Gasteiger partial charge in [0.25, 0.3) is 0 Å². The van der Waals surface area contributed by atoms with Gasteiger partial charge in [0.05, 0.1) is 7.11 Å². The third-order valence-electron chi connectivity index (χ3n) is 4.36. The summed E-state index contributed by atoms with van der Waals surface area (Å²) in [7, 11) is 1.65. The zero-order valence-corrected chi connectivity index (χ0v) is 14.0. The Morgan fingerprint density at radius 2 is 1.95 bits per heavy atom. The minimum Gasteiger partial charge on any atom is -0.497 e. The first-order valence-corrected chi connectivity index (χ1v) is 7.85. The molecule has 1 aromatic rings. The number of amides is 1. The minimum absolute atomic E-state index is 0. The van der Waals surface area contributed by atoms with Crippen LogP contribution in [0.2, 0.25) is 0 Å². The lowest BCUT2D eigenvalue weighted by Crippen LogP contribution is -2.44. The largest absolute Gasteiger partial charge is 0.497 e. The summed E-state index contributed by atoms with van der Waals surface area (Å²) in [4.78, 5) is 12.1. The molecule has 0 spiro atoms. The predicted molar refractivity (Wildman–Crippen MR) is 91.5 cm³/mol. The number of benzene rings is 1. The fourth-order valence-corrected chi connectivity index (χ4v) is 3.01. The normalized spacial score (nSPS) is 20.8. The van der Waals surface area contributed by atoms with Gasteiger partial charge in [-0.15, -0.1) is 12.4 Å². The lowest BCUT2D eigenvalue weighted by Gasteiger charge is -2.31. The lowest BCUT2D eigenvalue weighted by molar-refractivity contribution is -0.122. The van der Waals surface area contributed by atoms with Crippen LogP contribution in [0.3, 0.4) is 0 Å². The van der Waals surface area contributed by atoms with Gasteiger partial charge in [0, 0.05) is 12.5 Å². The van der Waals surface area contributed by atoms with E-state index in [1.807, 2.05) is 24.3 Å². The van der Waals surface area contributed by atoms with Crippen molar-refractivity contribution in [1.82, 2.24) is 5.32 Å². The molecular weight excluding hydrogens is 300 g/mol. The Hall–Kier alpha value is -1.26. The van der Waals surface area contributed by atoms with Crippen molar-refractivity contribution >= 4 is 18.3 Å². The predicted octanol–water partition coefficient (Wildman–Crippen LogP) is 2.68. The molecule has 1 aliphatic rings. The number of hydrogen-bond acceptors (Lipinski definition) is 3. The molecule has 5 heteroatoms. The van der Waals surface area contributed by atoms with E-state index in [4.69, 9.17) is 10.5 Å². The highest BCUT2D eigenvalue weighted by Gasteiger charge is 2.24. The summed E-state index contributed by atoms with van der Waals surface area (Å²) in [6, 6.07) is 8.15. The zero-order chi connectivity index (χ0) is 15.1. The number of halogens is 1. The van der Waals surface area contributed by atoms with Gasteiger partial charge in [0.2, 0.25) is 5.91 Å². The molecule has 0 heterocycles. The number of nitrogens with one attached hydrogen (secondary N) is 1. The van der Waals surface area contributed by atoms with Crippen LogP contribution >= 0.6 is 12.4 Å². The monoisotopic (exact) mass is 326 g/mol. The number of hydrogen-bond donors (Lipinski definition) is 2. The molecule has 0 aliphatic heterocycles. The van der Waals surface area contributed by atoms with Gasteiger partial charge in [-0.1, -0.05) is 25.0 Å². The van der Waals surface area contributed by atoms with Crippen molar-refractivity contribution < 1.29 is 9.53 Å². The number of rotatable bonds is 6. The van der Waals surface area contributed by atoms with Crippen LogP contribution in [-0.4, -0.2) is 25.6 Å². The topological polar surface area (TPSA) is 64.3 Å². The molecule has 2 rings (SSSR count). The van der Waals surface area contributed by atoms with Crippen LogP contribution in [0, 0.1) is 5.92 Å². The SMILES string of the molecule is COc1ccc(CCC(=O)NC2CCCCC2CN)cc1.Cl. The Balaban J connectivity index is 0.00000242. The van der Waals surface area contributed by atoms with Gasteiger partial charge in [-0.05, 0) is 49.4 Å². The highest BCUT2D eigenvalue weighted by molar-refractivity contribution is 5.85. The van der Waals surface area contributed by atoms with Crippen molar-refractivity contribution in [3.63, 3.8) is 0 Å². The van der Waals surface area contributed by atoms with Crippen molar-refractivity contribution in [2.45, 2.75) is 44.6 Å². The van der Waals surface area contributed by atoms with Crippen LogP contribution in [-0.2, 0) is 11.2 Å². The molecule has 2 atom stereocenters. The van der Waals surface area contributed by atoms with Crippen LogP contribution in [0.15, 0.2) is 24.3 Å². The van der Waals surface area contributed by atoms with Crippen LogP contribution in [0.25, 0.3) is 0 Å². The van der Waals surface area contributed by atoms with Gasteiger partial charge in [-0.2, -0.15) is 0 Å². The van der Waals surface area contributed by atoms with Gasteiger partial charge in [-0.3, -0.25) is 4.79 Å². The number of aryl methyl sites for hydroxylation is 1. The second-order valence-corrected chi connectivity index (χ2v) is 5.80. The highest BCUT2D eigenvalue weighted by Crippen LogP contribution is 2.23. The molecule has 22 heavy (non-hydrogen) atoms. The minimum atomic E-state index is 0. The van der Waals surface area contributed by atoms with E-state index < -0.39 is 0 Å². The van der Waals surface area contributed by atoms with Crippen LogP contribution < -0.4 is 15.8 Å². The first-order valence-electron chi connectivity index (χ1n) is 7.85. The van der Waals surface area contributed by atoms with Crippen molar-refractivity contribution in [2.75, 3.05) is 13.7 Å². The third-order valence-corrected chi connectivity index (χ3v) is 4.36. The van der Waals surface area contributed by atoms with Crippen LogP contribution in [0.5, 0.6) is 5.75 Å². The lowest BCUT2D eigenvalue weighted by atomic mass is 9.84. The number of carbonyl (C=O) groups is 1. The van der Waals surface area contributed by atoms with Crippen molar-refractivity contribution in [1.29, 1.82) is 0 Å². The second-order valence-electron chi connectivity index (χ2n) is 5.80. The summed E-state index contributed by atoms with van der Waals surface area (Å²) in [6.45, 7) is 0.670. The van der Waals surface area contributed by atoms with E-state index in [2.05, 4.69) is 5.32 Å². The van der Waals surface area contributed by atoms with Gasteiger partial charge >= 0.3 is 0 Å². The van der Waals surface area contributed by atoms with Crippen molar-refractivity contribution in [3.8, 4) is 5.75 Å². The third kappa shape index (κ3) is 5.50. The standard InChI is InChI=1S/C17H26N2O2.ClH/c1-21-15-9-6-13(7-10-15)8-11-17(20)19-16-5-3-2-4-14(16)12-18;/h6-7,9-10,14,16H,2-5,8,11-12,18H2,1H3,(H,19,20);1H. The molecule has 124 valence electrons. The van der Waals surface area contributed by atoms with Crippen molar-refractivity contribution in [2.24, 2.45) is 11.7 Å². The molecule has 0 bridgehead atoms. The van der Waals surface area contributed by atoms with E-state index in [0.717, 1.165) is 30.6 Å². The fraction of sp³-hybridized carbons (Fsp3) is 0.588. The molecule has 1 aliphatic carbocycles. The molecule has 4 nitrogen and oxygen atoms in total. The molecule has 0 aromatic heterocycles. The van der Waals surface area contributed by atoms with E-state index in [0.29, 0.717) is 18.9 Å². The second kappa shape index (κ2) is 9.70. The smallest absolute Gasteiger partial charge is 0.220 e. The first kappa shape index (κ1) is 18.8. The van der Waals surface area contributed by atoms with E-state index >= 15 is 0 Å². The molecule has 1 aromatic carbocycles. The summed E-state index contributed by atoms with van der Waals surface area (Å²) in [5.74, 6) is 1.43. The quantitative estimate of drug-likeness (QED) is 0.844. The summed E-state index contributed by atoms with van der Waals surface area (Å²) >= 11 is 0. The van der Waals surface area contributed by atoms with E-state index in [9.17, 15) is 4.79 Å². The number of nitrogens with two attached hydrogens (primary N) is 1. The zero-order valence-electron chi connectivity index (χ0n) is 13.2. The Bertz CT molecular complexity index is 450. The van der Waals surface area contributed by atoms with E-state index in [1.165, 1.54) is 12.8 Å². The number of ether oxygens (including phenoxy) is 1. The summed E-state index contributed by atoms with van der Waals surface area (Å²) in [6.07, 6.45) is 5.92. The van der Waals surface area contributed by atoms with Gasteiger partial charge in [-0.25, -0.2) is 0 Å². The summed E-state index contributed by atoms with van der Waals surface area (Å²) in [5, 5.41) is 3.17. The van der Waals surface area contributed by atoms with E-state index in [-0.39, 0.29) is 24.4 Å². The maximum absolute atomic E-state index is 12.1. The molecule has 1 fully saturated rings. The molecule has 0 saturated heterocycles. The molecule has 1 amide bonds. The van der Waals surface area contributed by atoms with Crippen LogP contribution in [0.1, 0.15) is 37.7 Å². The molecule has 1 saturated carbocycles. The summed E-state index contributed by atoms with van der Waals surface area (Å²) in [5.41, 5.74) is 6.96. The van der Waals surface area contributed by atoms with Crippen molar-refractivity contribution in [3.05, 3.63) is 29.8 Å². The van der Waals surface area contributed by atoms with Gasteiger partial charge < -0.3 is 15.8 Å². The Labute approximate surface area is 139 Å². The average Bonchev–Trinajstić information content (AvgIpc) is 2.54. The fourth-order valence-electron chi connectivity index (χ4n) is 3.01. The van der Waals surface area contributed by atoms with Gasteiger partial charge in [0.15, 0.2) is 0 Å². The van der Waals surface area contributed by atoms with Gasteiger partial charge in [0.1, 0.15) is 5.75 Å². The van der Waals surface area contributed by atoms with E-state index in [1.54, 1.807) is 7.11 Å². The molecule has 0 radical (unpaired) electrons. The maximum Gasteiger partial charge on any atom is 0.220 e. The maximum atomic E-state index is 12.1. The first-order chi connectivity index (χ1) is 10.2. The Morgan fingerprint density at radius 1 is 1.27 bits per heavy atom. The number of carbonyl (C=O) groups excluding carboxylic acids is 1. The highest BCUT2D eigenvalue weighted by atomic mass is 35.5. The Morgan fingerprint density at radius 3 is 2.59 bits per heavy atom. The molecular formula is C17H27ClN2O2. The average molecular weight is 327 g/mol. The summed E-state index contributed by atoms with van der Waals surface area (Å²) < 4.78 is 5.13. The molecule has 3 N–H and O–H groups in total. The van der Waals surface area contributed by atoms with Crippen LogP contribution in [0.4, 0.5) is 0 Å². The Kier molecular flexibility index (Phi) is 8.28. The molecule has 2 unspecified atom stereocenters. The number of methoxy groups -OCH3 is 1.